The molecule has 3 aromatic rings. The lowest BCUT2D eigenvalue weighted by atomic mass is 9.73. The van der Waals surface area contributed by atoms with Gasteiger partial charge in [-0.15, -0.1) is 0 Å². The fraction of sp³-hybridized carbons (Fsp3) is 0.406. The number of anilines is 1. The molecule has 5 unspecified atom stereocenters. The number of carbonyl (C=O) groups is 3. The van der Waals surface area contributed by atoms with Crippen molar-refractivity contribution >= 4 is 50.2 Å². The van der Waals surface area contributed by atoms with Crippen molar-refractivity contribution in [2.45, 2.75) is 56.3 Å². The molecule has 3 aliphatic heterocycles. The average Bonchev–Trinajstić information content (AvgIpc) is 3.37. The summed E-state index contributed by atoms with van der Waals surface area (Å²) in [4.78, 5) is 35.6. The van der Waals surface area contributed by atoms with Crippen LogP contribution < -0.4 is 4.72 Å². The molecule has 14 heteroatoms. The Kier molecular flexibility index (Phi) is 9.54. The summed E-state index contributed by atoms with van der Waals surface area (Å²) < 4.78 is 36.3. The van der Waals surface area contributed by atoms with E-state index in [9.17, 15) is 22.8 Å². The predicted molar refractivity (Wildman–Crippen MR) is 167 cm³/mol. The van der Waals surface area contributed by atoms with Gasteiger partial charge in [0, 0.05) is 23.5 Å². The number of aliphatic hydroxyl groups excluding tert-OH is 2. The van der Waals surface area contributed by atoms with Crippen molar-refractivity contribution < 1.29 is 48.0 Å². The molecule has 246 valence electrons. The van der Waals surface area contributed by atoms with Crippen molar-refractivity contribution in [2.75, 3.05) is 24.4 Å². The third-order valence-corrected chi connectivity index (χ3v) is 10.2. The first-order chi connectivity index (χ1) is 21.9. The Hall–Kier alpha value is -4.24. The maximum atomic E-state index is 13.2. The largest absolute Gasteiger partial charge is 0.479 e. The highest BCUT2D eigenvalue weighted by Crippen LogP contribution is 2.51. The number of fused-ring (bicyclic) bond motifs is 3. The molecule has 3 aliphatic rings. The maximum absolute atomic E-state index is 13.2. The van der Waals surface area contributed by atoms with Gasteiger partial charge >= 0.3 is 17.9 Å². The van der Waals surface area contributed by atoms with Crippen LogP contribution in [-0.2, 0) is 35.6 Å². The Labute approximate surface area is 265 Å². The number of carbonyl (C=O) groups excluding carboxylic acids is 1. The number of carboxylic acids is 2. The number of aliphatic carboxylic acids is 2. The van der Waals surface area contributed by atoms with Crippen LogP contribution in [0.3, 0.4) is 0 Å². The number of piperidine rings is 1. The number of rotatable bonds is 9. The number of ether oxygens (including phenoxy) is 1. The molecule has 0 saturated carbocycles. The highest BCUT2D eigenvalue weighted by Gasteiger charge is 2.46. The van der Waals surface area contributed by atoms with Crippen molar-refractivity contribution in [3.05, 3.63) is 65.9 Å². The van der Waals surface area contributed by atoms with Crippen LogP contribution in [-0.4, -0.2) is 88.1 Å². The first kappa shape index (κ1) is 33.1. The van der Waals surface area contributed by atoms with E-state index in [-0.39, 0.29) is 22.8 Å². The van der Waals surface area contributed by atoms with E-state index in [1.54, 1.807) is 30.3 Å². The second kappa shape index (κ2) is 13.2. The Balaban J connectivity index is 0.000000362. The van der Waals surface area contributed by atoms with Gasteiger partial charge in [0.2, 0.25) is 0 Å². The second-order valence-corrected chi connectivity index (χ2v) is 13.1. The fourth-order valence-electron chi connectivity index (χ4n) is 6.71. The summed E-state index contributed by atoms with van der Waals surface area (Å²) in [6.45, 7) is 6.41. The van der Waals surface area contributed by atoms with Crippen molar-refractivity contribution in [2.24, 2.45) is 11.8 Å². The average molecular weight is 656 g/mol. The molecule has 2 aromatic carbocycles. The summed E-state index contributed by atoms with van der Waals surface area (Å²) in [6, 6.07) is 14.2. The summed E-state index contributed by atoms with van der Waals surface area (Å²) in [7, 11) is -3.74. The molecule has 0 spiro atoms. The van der Waals surface area contributed by atoms with E-state index in [1.165, 1.54) is 11.3 Å². The zero-order chi connectivity index (χ0) is 33.3. The molecule has 6 rings (SSSR count). The van der Waals surface area contributed by atoms with Crippen LogP contribution in [0.1, 0.15) is 44.0 Å². The summed E-state index contributed by atoms with van der Waals surface area (Å²) in [5.74, 6) is -3.09. The lowest BCUT2D eigenvalue weighted by Gasteiger charge is -2.49. The molecular weight excluding hydrogens is 618 g/mol. The van der Waals surface area contributed by atoms with Gasteiger partial charge in [-0.3, -0.25) is 9.62 Å². The number of aliphatic hydroxyl groups is 2. The molecule has 4 heterocycles. The van der Waals surface area contributed by atoms with E-state index in [0.29, 0.717) is 23.9 Å². The minimum absolute atomic E-state index is 0.208. The topological polar surface area (TPSA) is 196 Å². The van der Waals surface area contributed by atoms with E-state index >= 15 is 0 Å². The number of carboxylic acid groups (broad SMARTS) is 2. The predicted octanol–water partition coefficient (Wildman–Crippen LogP) is 2.68. The smallest absolute Gasteiger partial charge is 0.354 e. The molecule has 5 N–H and O–H groups in total. The quantitative estimate of drug-likeness (QED) is 0.213. The molecule has 1 saturated heterocycles. The normalized spacial score (nSPS) is 21.6. The Morgan fingerprint density at radius 3 is 2.28 bits per heavy atom. The van der Waals surface area contributed by atoms with E-state index in [2.05, 4.69) is 22.6 Å². The zero-order valence-electron chi connectivity index (χ0n) is 25.4. The first-order valence-corrected chi connectivity index (χ1v) is 16.6. The van der Waals surface area contributed by atoms with Gasteiger partial charge in [-0.25, -0.2) is 22.8 Å². The number of hydrogen-bond donors (Lipinski definition) is 5. The number of nitrogens with one attached hydrogen (secondary N) is 1. The molecule has 0 bridgehead atoms. The molecule has 0 amide bonds. The van der Waals surface area contributed by atoms with Gasteiger partial charge in [-0.2, -0.15) is 0 Å². The highest BCUT2D eigenvalue weighted by molar-refractivity contribution is 7.92. The molecule has 1 fully saturated rings. The van der Waals surface area contributed by atoms with Gasteiger partial charge in [0.15, 0.2) is 12.2 Å². The van der Waals surface area contributed by atoms with Crippen LogP contribution in [0.5, 0.6) is 0 Å². The first-order valence-electron chi connectivity index (χ1n) is 15.1. The van der Waals surface area contributed by atoms with Crippen LogP contribution in [0, 0.1) is 11.8 Å². The zero-order valence-corrected chi connectivity index (χ0v) is 26.2. The number of sulfonamides is 1. The third-order valence-electron chi connectivity index (χ3n) is 8.84. The number of aromatic nitrogens is 1. The number of benzene rings is 2. The lowest BCUT2D eigenvalue weighted by Crippen LogP contribution is -2.48. The summed E-state index contributed by atoms with van der Waals surface area (Å²) in [5.41, 5.74) is 4.30. The van der Waals surface area contributed by atoms with Gasteiger partial charge in [-0.1, -0.05) is 37.6 Å². The molecular formula is C32H37N3O10S. The third kappa shape index (κ3) is 6.12. The molecule has 0 radical (unpaired) electrons. The Bertz CT molecular complexity index is 1770. The van der Waals surface area contributed by atoms with Gasteiger partial charge in [0.1, 0.15) is 5.70 Å². The van der Waals surface area contributed by atoms with E-state index in [0.717, 1.165) is 43.3 Å². The summed E-state index contributed by atoms with van der Waals surface area (Å²) in [5, 5.41) is 33.6. The van der Waals surface area contributed by atoms with E-state index in [1.807, 2.05) is 29.7 Å². The Morgan fingerprint density at radius 1 is 1.00 bits per heavy atom. The number of esters is 1. The van der Waals surface area contributed by atoms with Crippen LogP contribution in [0.4, 0.5) is 5.69 Å². The van der Waals surface area contributed by atoms with Crippen LogP contribution in [0.25, 0.3) is 16.6 Å². The fourth-order valence-corrected chi connectivity index (χ4v) is 7.78. The second-order valence-electron chi connectivity index (χ2n) is 11.5. The van der Waals surface area contributed by atoms with Gasteiger partial charge < -0.3 is 29.7 Å². The van der Waals surface area contributed by atoms with Gasteiger partial charge in [0.25, 0.3) is 10.0 Å². The highest BCUT2D eigenvalue weighted by atomic mass is 32.2. The van der Waals surface area contributed by atoms with Gasteiger partial charge in [-0.05, 0) is 68.1 Å². The maximum Gasteiger partial charge on any atom is 0.354 e. The van der Waals surface area contributed by atoms with Gasteiger partial charge in [0.05, 0.1) is 28.7 Å². The molecule has 1 aromatic heterocycles. The van der Waals surface area contributed by atoms with Crippen molar-refractivity contribution in [1.29, 1.82) is 0 Å². The number of nitrogens with zero attached hydrogens (tertiary/aromatic N) is 2. The van der Waals surface area contributed by atoms with E-state index in [4.69, 9.17) is 25.2 Å². The molecule has 5 atom stereocenters. The van der Waals surface area contributed by atoms with Crippen molar-refractivity contribution in [3.8, 4) is 0 Å². The Morgan fingerprint density at radius 2 is 1.67 bits per heavy atom. The SMILES string of the molecule is CCOC(=O)C1=CC2C(CC)CCN3CCc4c(n1c1cc(NS(=O)(=O)c5ccccc5)ccc41)C23.O=C(O)C(O)C(O)C(=O)O. The lowest BCUT2D eigenvalue weighted by molar-refractivity contribution is -0.165. The van der Waals surface area contributed by atoms with Crippen molar-refractivity contribution in [1.82, 2.24) is 9.47 Å². The van der Waals surface area contributed by atoms with Crippen LogP contribution in [0.15, 0.2) is 59.5 Å². The van der Waals surface area contributed by atoms with E-state index < -0.39 is 34.2 Å². The van der Waals surface area contributed by atoms with Crippen molar-refractivity contribution in [3.63, 3.8) is 0 Å². The molecule has 46 heavy (non-hydrogen) atoms. The summed E-state index contributed by atoms with van der Waals surface area (Å²) in [6.07, 6.45) is 0.707. The summed E-state index contributed by atoms with van der Waals surface area (Å²) >= 11 is 0. The molecule has 0 aliphatic carbocycles. The van der Waals surface area contributed by atoms with Crippen LogP contribution in [0.2, 0.25) is 0 Å². The standard InChI is InChI=1S/C28H31N3O4S.C4H6O6/c1-3-18-12-14-30-15-13-22-21-11-10-19(29-36(33,34)20-8-6-5-7-9-20)16-24(21)31-25(28(32)35-4-2)17-23(18)26(30)27(22)31;5-1(3(7)8)2(6)4(9)10/h5-11,16-18,23,26,29H,3-4,12-15H2,1-2H3;1-2,5-6H,(H,7,8)(H,9,10). The number of hydrogen-bond acceptors (Lipinski definition) is 9. The molecule has 13 nitrogen and oxygen atoms in total. The van der Waals surface area contributed by atoms with Crippen LogP contribution >= 0.6 is 0 Å². The minimum atomic E-state index is -3.74. The monoisotopic (exact) mass is 655 g/mol. The minimum Gasteiger partial charge on any atom is -0.479 e.